The van der Waals surface area contributed by atoms with Crippen molar-refractivity contribution in [2.24, 2.45) is 0 Å². The van der Waals surface area contributed by atoms with Crippen LogP contribution in [0.1, 0.15) is 77.6 Å². The lowest BCUT2D eigenvalue weighted by Crippen LogP contribution is -2.11. The number of hydrogen-bond donors (Lipinski definition) is 0. The fourth-order valence-electron chi connectivity index (χ4n) is 10.1. The number of ether oxygens (including phenoxy) is 2. The van der Waals surface area contributed by atoms with Crippen molar-refractivity contribution in [1.29, 1.82) is 0 Å². The topological polar surface area (TPSA) is 209 Å². The number of esters is 2. The minimum absolute atomic E-state index is 0.136. The average molecular weight is 966 g/mol. The van der Waals surface area contributed by atoms with Crippen molar-refractivity contribution in [2.75, 3.05) is 19.0 Å². The van der Waals surface area contributed by atoms with E-state index in [2.05, 4.69) is 39.5 Å². The summed E-state index contributed by atoms with van der Waals surface area (Å²) in [6, 6.07) is 28.1. The maximum absolute atomic E-state index is 13.9. The van der Waals surface area contributed by atoms with Gasteiger partial charge in [0.25, 0.3) is 17.1 Å². The van der Waals surface area contributed by atoms with Crippen molar-refractivity contribution in [3.63, 3.8) is 0 Å². The van der Waals surface area contributed by atoms with Crippen molar-refractivity contribution in [2.45, 2.75) is 69.7 Å². The molecule has 2 aromatic heterocycles. The zero-order valence-corrected chi connectivity index (χ0v) is 38.7. The van der Waals surface area contributed by atoms with E-state index in [1.165, 1.54) is 12.2 Å². The first-order valence-corrected chi connectivity index (χ1v) is 25.2. The number of unbranched alkanes of at least 4 members (excludes halogenated alkanes) is 2. The summed E-state index contributed by atoms with van der Waals surface area (Å²) in [6.45, 7) is 1.29. The average Bonchev–Trinajstić information content (AvgIpc) is 4.14. The summed E-state index contributed by atoms with van der Waals surface area (Å²) in [6.07, 6.45) is 6.55. The van der Waals surface area contributed by atoms with E-state index in [-0.39, 0.29) is 35.7 Å². The molecule has 1 saturated heterocycles. The van der Waals surface area contributed by atoms with Crippen LogP contribution in [0.25, 0.3) is 65.5 Å². The number of rotatable bonds is 18. The molecular weight excluding hydrogens is 923 g/mol. The lowest BCUT2D eigenvalue weighted by atomic mass is 9.97. The Morgan fingerprint density at radius 1 is 0.638 bits per heavy atom. The van der Waals surface area contributed by atoms with Gasteiger partial charge in [0.05, 0.1) is 56.2 Å². The zero-order valence-electron chi connectivity index (χ0n) is 37.1. The van der Waals surface area contributed by atoms with Gasteiger partial charge in [-0.1, -0.05) is 88.7 Å². The van der Waals surface area contributed by atoms with E-state index in [1.54, 1.807) is 0 Å². The first-order chi connectivity index (χ1) is 33.5. The van der Waals surface area contributed by atoms with Crippen LogP contribution in [0.3, 0.4) is 0 Å². The summed E-state index contributed by atoms with van der Waals surface area (Å²) in [5, 5.41) is 42.9. The molecule has 0 saturated carbocycles. The highest BCUT2D eigenvalue weighted by Crippen LogP contribution is 2.49. The molecule has 18 heteroatoms. The van der Waals surface area contributed by atoms with E-state index < -0.39 is 54.7 Å². The third-order valence-electron chi connectivity index (χ3n) is 13.1. The number of fused-ring (bicyclic) bond motifs is 13. The van der Waals surface area contributed by atoms with E-state index in [4.69, 9.17) is 9.47 Å². The molecule has 350 valence electrons. The highest BCUT2D eigenvalue weighted by Gasteiger charge is 2.40. The van der Waals surface area contributed by atoms with Crippen molar-refractivity contribution in [1.82, 2.24) is 9.13 Å². The molecule has 1 fully saturated rings. The van der Waals surface area contributed by atoms with Gasteiger partial charge in [-0.3, -0.25) is 39.9 Å². The zero-order chi connectivity index (χ0) is 47.9. The van der Waals surface area contributed by atoms with Crippen molar-refractivity contribution < 1.29 is 38.6 Å². The Morgan fingerprint density at radius 3 is 1.80 bits per heavy atom. The van der Waals surface area contributed by atoms with Gasteiger partial charge >= 0.3 is 11.9 Å². The monoisotopic (exact) mass is 965 g/mol. The van der Waals surface area contributed by atoms with Crippen LogP contribution >= 0.6 is 21.6 Å². The van der Waals surface area contributed by atoms with E-state index in [1.807, 2.05) is 64.1 Å². The molecule has 0 amide bonds. The number of aryl methyl sites for hydroxylation is 2. The van der Waals surface area contributed by atoms with Crippen LogP contribution < -0.4 is 0 Å². The molecule has 0 bridgehead atoms. The van der Waals surface area contributed by atoms with Gasteiger partial charge in [-0.25, -0.2) is 4.79 Å². The van der Waals surface area contributed by atoms with Crippen molar-refractivity contribution >= 4 is 111 Å². The Bertz CT molecular complexity index is 3470. The molecule has 8 aromatic rings. The van der Waals surface area contributed by atoms with E-state index in [0.717, 1.165) is 105 Å². The lowest BCUT2D eigenvalue weighted by Gasteiger charge is -2.14. The molecule has 69 heavy (non-hydrogen) atoms. The van der Waals surface area contributed by atoms with Gasteiger partial charge in [-0.2, -0.15) is 0 Å². The summed E-state index contributed by atoms with van der Waals surface area (Å²) in [4.78, 5) is 73.3. The molecule has 1 atom stereocenters. The number of nitro groups is 3. The molecule has 0 radical (unpaired) electrons. The fourth-order valence-corrected chi connectivity index (χ4v) is 13.2. The lowest BCUT2D eigenvalue weighted by molar-refractivity contribution is -0.393. The van der Waals surface area contributed by atoms with Gasteiger partial charge in [-0.15, -0.1) is 0 Å². The fraction of sp³-hybridized carbons (Fsp3) is 0.275. The third kappa shape index (κ3) is 8.30. The second-order valence-corrected chi connectivity index (χ2v) is 20.0. The standard InChI is InChI=1S/C51H43N5O11S2/c57-43(19-8-1-12-32-20-25-68-69-32)66-23-10-9-21-52-40-17-6-4-15-35(40)46-47-36-16-5-7-18-41(36)53(49(47)34-14-3-2-13-33(34)48(46)52)22-11-24-67-51(59)39-28-30(54(60)61)26-37-44(39)45-38(50(37)58)27-31(55(62)63)29-42(45)56(64)65/h2-7,13-18,26-29,32H,1,8-12,19-25H2. The summed E-state index contributed by atoms with van der Waals surface area (Å²) in [7, 11) is 3.91. The molecule has 2 aliphatic rings. The van der Waals surface area contributed by atoms with E-state index in [9.17, 15) is 44.7 Å². The number of carbonyl (C=O) groups is 3. The van der Waals surface area contributed by atoms with Crippen molar-refractivity contribution in [3.05, 3.63) is 144 Å². The second kappa shape index (κ2) is 19.0. The van der Waals surface area contributed by atoms with Gasteiger partial charge in [0.2, 0.25) is 0 Å². The predicted octanol–water partition coefficient (Wildman–Crippen LogP) is 12.3. The molecule has 3 heterocycles. The van der Waals surface area contributed by atoms with Crippen LogP contribution in [0, 0.1) is 30.3 Å². The minimum atomic E-state index is -1.05. The number of carbonyl (C=O) groups excluding carboxylic acids is 3. The van der Waals surface area contributed by atoms with Crippen molar-refractivity contribution in [3.8, 4) is 11.1 Å². The smallest absolute Gasteiger partial charge is 0.339 e. The second-order valence-electron chi connectivity index (χ2n) is 17.2. The number of nitro benzene ring substituents is 3. The molecule has 0 spiro atoms. The molecular formula is C51H43N5O11S2. The number of ketones is 1. The largest absolute Gasteiger partial charge is 0.466 e. The quantitative estimate of drug-likeness (QED) is 0.0258. The Kier molecular flexibility index (Phi) is 12.5. The molecule has 16 nitrogen and oxygen atoms in total. The SMILES string of the molecule is O=C(CCCCC1CCSS1)OCCCCn1c2ccccc2c2c3c4ccccc4n(CCCOC(=O)c4cc([N+](=O)[O-])cc5c4-c4c(cc([N+](=O)[O-])cc4[N+](=O)[O-])C5=O)c3c3ccccc3c21. The Hall–Kier alpha value is -7.31. The normalized spacial score (nSPS) is 14.3. The Labute approximate surface area is 400 Å². The number of nitrogens with zero attached hydrogens (tertiary/aromatic N) is 5. The Morgan fingerprint density at radius 2 is 1.20 bits per heavy atom. The van der Waals surface area contributed by atoms with Crippen LogP contribution in [0.5, 0.6) is 0 Å². The molecule has 1 aliphatic heterocycles. The summed E-state index contributed by atoms with van der Waals surface area (Å²) in [5.74, 6) is -0.896. The third-order valence-corrected chi connectivity index (χ3v) is 16.1. The minimum Gasteiger partial charge on any atom is -0.466 e. The molecule has 1 aliphatic carbocycles. The molecule has 6 aromatic carbocycles. The number of para-hydroxylation sites is 2. The number of benzene rings is 6. The first-order valence-electron chi connectivity index (χ1n) is 22.8. The highest BCUT2D eigenvalue weighted by molar-refractivity contribution is 8.77. The van der Waals surface area contributed by atoms with Gasteiger partial charge < -0.3 is 18.6 Å². The summed E-state index contributed by atoms with van der Waals surface area (Å²) >= 11 is 0. The predicted molar refractivity (Wildman–Crippen MR) is 267 cm³/mol. The summed E-state index contributed by atoms with van der Waals surface area (Å²) < 4.78 is 16.0. The van der Waals surface area contributed by atoms with Crippen LogP contribution in [0.15, 0.2) is 97.1 Å². The summed E-state index contributed by atoms with van der Waals surface area (Å²) in [5.41, 5.74) is 0.196. The van der Waals surface area contributed by atoms with Crippen LogP contribution in [-0.2, 0) is 27.4 Å². The van der Waals surface area contributed by atoms with Crippen LogP contribution in [0.4, 0.5) is 17.1 Å². The Balaban J connectivity index is 0.929. The molecule has 1 unspecified atom stereocenters. The molecule has 10 rings (SSSR count). The van der Waals surface area contributed by atoms with Gasteiger partial charge in [0, 0.05) is 109 Å². The van der Waals surface area contributed by atoms with Gasteiger partial charge in [0.1, 0.15) is 0 Å². The van der Waals surface area contributed by atoms with E-state index in [0.29, 0.717) is 37.4 Å². The van der Waals surface area contributed by atoms with Gasteiger partial charge in [0.15, 0.2) is 5.78 Å². The molecule has 0 N–H and O–H groups in total. The number of non-ortho nitro benzene ring substituents is 2. The highest BCUT2D eigenvalue weighted by atomic mass is 33.1. The van der Waals surface area contributed by atoms with Crippen LogP contribution in [-0.4, -0.2) is 65.8 Å². The van der Waals surface area contributed by atoms with Crippen LogP contribution in [0.2, 0.25) is 0 Å². The maximum Gasteiger partial charge on any atom is 0.339 e. The first kappa shape index (κ1) is 45.5. The number of hydrogen-bond acceptors (Lipinski definition) is 13. The van der Waals surface area contributed by atoms with Gasteiger partial charge in [-0.05, 0) is 50.7 Å². The number of aromatic nitrogens is 2. The van der Waals surface area contributed by atoms with E-state index >= 15 is 0 Å². The maximum atomic E-state index is 13.9.